The van der Waals surface area contributed by atoms with Crippen molar-refractivity contribution in [3.05, 3.63) is 52.0 Å². The van der Waals surface area contributed by atoms with E-state index in [1.165, 1.54) is 0 Å². The molecule has 1 N–H and O–H groups in total. The lowest BCUT2D eigenvalue weighted by Gasteiger charge is -2.35. The number of halogens is 1. The number of amides is 2. The molecule has 1 aliphatic carbocycles. The summed E-state index contributed by atoms with van der Waals surface area (Å²) in [5.41, 5.74) is 5.47. The van der Waals surface area contributed by atoms with Gasteiger partial charge >= 0.3 is 6.03 Å². The van der Waals surface area contributed by atoms with Gasteiger partial charge in [-0.1, -0.05) is 17.7 Å². The Morgan fingerprint density at radius 2 is 1.73 bits per heavy atom. The van der Waals surface area contributed by atoms with Gasteiger partial charge in [0.05, 0.1) is 16.4 Å². The topological polar surface area (TPSA) is 55.9 Å². The monoisotopic (exact) mass is 424 g/mol. The average molecular weight is 425 g/mol. The van der Waals surface area contributed by atoms with Crippen molar-refractivity contribution in [1.29, 1.82) is 0 Å². The molecule has 30 heavy (non-hydrogen) atoms. The highest BCUT2D eigenvalue weighted by molar-refractivity contribution is 6.33. The molecular formula is C23H25ClN4O2. The Morgan fingerprint density at radius 1 is 0.933 bits per heavy atom. The van der Waals surface area contributed by atoms with Crippen LogP contribution in [-0.4, -0.2) is 56.5 Å². The number of likely N-dealkylation sites (N-methyl/N-ethyl adjacent to an activating group) is 1. The van der Waals surface area contributed by atoms with Gasteiger partial charge in [0.2, 0.25) is 0 Å². The highest BCUT2D eigenvalue weighted by Crippen LogP contribution is 2.38. The molecule has 1 saturated heterocycles. The van der Waals surface area contributed by atoms with Crippen LogP contribution in [-0.2, 0) is 12.8 Å². The van der Waals surface area contributed by atoms with Crippen LogP contribution in [0, 0.1) is 0 Å². The van der Waals surface area contributed by atoms with E-state index in [1.54, 1.807) is 11.0 Å². The number of nitrogens with one attached hydrogen (secondary N) is 1. The quantitative estimate of drug-likeness (QED) is 0.796. The van der Waals surface area contributed by atoms with Gasteiger partial charge in [0, 0.05) is 50.4 Å². The third kappa shape index (κ3) is 3.44. The van der Waals surface area contributed by atoms with Gasteiger partial charge in [0.25, 0.3) is 0 Å². The first kappa shape index (κ1) is 19.4. The van der Waals surface area contributed by atoms with E-state index in [4.69, 9.17) is 11.6 Å². The fourth-order valence-electron chi connectivity index (χ4n) is 4.60. The lowest BCUT2D eigenvalue weighted by atomic mass is 10.1. The largest absolute Gasteiger partial charge is 0.368 e. The molecule has 0 saturated carbocycles. The molecule has 0 atom stereocenters. The Kier molecular flexibility index (Phi) is 4.91. The van der Waals surface area contributed by atoms with Gasteiger partial charge < -0.3 is 15.1 Å². The molecule has 6 nitrogen and oxygen atoms in total. The Hall–Kier alpha value is -2.57. The van der Waals surface area contributed by atoms with E-state index in [-0.39, 0.29) is 11.8 Å². The summed E-state index contributed by atoms with van der Waals surface area (Å²) >= 11 is 6.60. The number of anilines is 3. The summed E-state index contributed by atoms with van der Waals surface area (Å²) < 4.78 is 0. The molecule has 0 spiro atoms. The van der Waals surface area contributed by atoms with E-state index in [2.05, 4.69) is 28.2 Å². The maximum atomic E-state index is 13.1. The Labute approximate surface area is 181 Å². The number of carbonyl (C=O) groups is 2. The molecule has 2 aromatic rings. The van der Waals surface area contributed by atoms with Gasteiger partial charge in [0.15, 0.2) is 5.78 Å². The van der Waals surface area contributed by atoms with Crippen molar-refractivity contribution in [3.63, 3.8) is 0 Å². The summed E-state index contributed by atoms with van der Waals surface area (Å²) in [6, 6.07) is 9.51. The number of hydrogen-bond acceptors (Lipinski definition) is 4. The van der Waals surface area contributed by atoms with Crippen molar-refractivity contribution in [2.45, 2.75) is 19.3 Å². The molecule has 156 valence electrons. The van der Waals surface area contributed by atoms with Gasteiger partial charge in [-0.15, -0.1) is 0 Å². The smallest absolute Gasteiger partial charge is 0.326 e. The number of carbonyl (C=O) groups excluding carboxylic acids is 2. The molecule has 5 rings (SSSR count). The number of piperazine rings is 1. The van der Waals surface area contributed by atoms with E-state index in [9.17, 15) is 9.59 Å². The van der Waals surface area contributed by atoms with Gasteiger partial charge in [-0.25, -0.2) is 4.79 Å². The Morgan fingerprint density at radius 3 is 2.53 bits per heavy atom. The average Bonchev–Trinajstić information content (AvgIpc) is 3.31. The number of Topliss-reactive ketones (excluding diaryl/α,β-unsaturated/α-hetero) is 1. The third-order valence-corrected chi connectivity index (χ3v) is 6.72. The normalized spacial score (nSPS) is 18.5. The number of rotatable bonds is 2. The number of urea groups is 1. The molecule has 1 fully saturated rings. The SMILES string of the molecule is CN1CCN(c2cc3c(cc2Cl)CCN3C(=O)Nc2ccc3c(c2)C(=O)CC3)CC1. The summed E-state index contributed by atoms with van der Waals surface area (Å²) in [5.74, 6) is 0.152. The van der Waals surface area contributed by atoms with Crippen LogP contribution in [0.15, 0.2) is 30.3 Å². The van der Waals surface area contributed by atoms with Crippen LogP contribution in [0.5, 0.6) is 0 Å². The summed E-state index contributed by atoms with van der Waals surface area (Å²) in [7, 11) is 2.13. The first-order valence-corrected chi connectivity index (χ1v) is 10.9. The summed E-state index contributed by atoms with van der Waals surface area (Å²) in [6.07, 6.45) is 2.13. The van der Waals surface area contributed by atoms with Crippen molar-refractivity contribution in [3.8, 4) is 0 Å². The van der Waals surface area contributed by atoms with Gasteiger partial charge in [0.1, 0.15) is 0 Å². The second-order valence-corrected chi connectivity index (χ2v) is 8.76. The van der Waals surface area contributed by atoms with Crippen molar-refractivity contribution in [2.75, 3.05) is 54.9 Å². The standard InChI is InChI=1S/C23H25ClN4O2/c1-26-8-10-27(11-9-26)21-14-20-16(12-19(21)24)6-7-28(20)23(30)25-17-4-2-15-3-5-22(29)18(15)13-17/h2,4,12-14H,3,5-11H2,1H3,(H,25,30). The number of fused-ring (bicyclic) bond motifs is 2. The lowest BCUT2D eigenvalue weighted by molar-refractivity contribution is 0.0994. The number of nitrogens with zero attached hydrogens (tertiary/aromatic N) is 3. The fourth-order valence-corrected chi connectivity index (χ4v) is 4.91. The third-order valence-electron chi connectivity index (χ3n) is 6.42. The second kappa shape index (κ2) is 7.60. The van der Waals surface area contributed by atoms with E-state index >= 15 is 0 Å². The van der Waals surface area contributed by atoms with Crippen molar-refractivity contribution >= 4 is 40.5 Å². The molecule has 0 radical (unpaired) electrons. The zero-order valence-corrected chi connectivity index (χ0v) is 17.8. The first-order valence-electron chi connectivity index (χ1n) is 10.5. The number of aryl methyl sites for hydroxylation is 1. The predicted octanol–water partition coefficient (Wildman–Crippen LogP) is 3.82. The molecule has 2 heterocycles. The summed E-state index contributed by atoms with van der Waals surface area (Å²) in [4.78, 5) is 31.4. The van der Waals surface area contributed by atoms with Crippen LogP contribution in [0.2, 0.25) is 5.02 Å². The molecule has 2 aromatic carbocycles. The minimum atomic E-state index is -0.175. The Bertz CT molecular complexity index is 1030. The fraction of sp³-hybridized carbons (Fsp3) is 0.391. The van der Waals surface area contributed by atoms with Crippen LogP contribution in [0.25, 0.3) is 0 Å². The van der Waals surface area contributed by atoms with E-state index in [0.717, 1.165) is 72.1 Å². The highest BCUT2D eigenvalue weighted by atomic mass is 35.5. The molecule has 2 aliphatic heterocycles. The molecule has 0 aromatic heterocycles. The van der Waals surface area contributed by atoms with Crippen molar-refractivity contribution in [2.24, 2.45) is 0 Å². The molecule has 0 unspecified atom stereocenters. The number of benzene rings is 2. The number of ketones is 1. The van der Waals surface area contributed by atoms with Crippen molar-refractivity contribution in [1.82, 2.24) is 4.90 Å². The molecule has 2 amide bonds. The van der Waals surface area contributed by atoms with Gasteiger partial charge in [-0.05, 0) is 55.3 Å². The van der Waals surface area contributed by atoms with Crippen molar-refractivity contribution < 1.29 is 9.59 Å². The van der Waals surface area contributed by atoms with E-state index in [1.807, 2.05) is 18.2 Å². The Balaban J connectivity index is 1.37. The molecule has 0 bridgehead atoms. The van der Waals surface area contributed by atoms with E-state index < -0.39 is 0 Å². The maximum absolute atomic E-state index is 13.1. The number of hydrogen-bond donors (Lipinski definition) is 1. The van der Waals surface area contributed by atoms with Gasteiger partial charge in [-0.2, -0.15) is 0 Å². The van der Waals surface area contributed by atoms with Crippen LogP contribution in [0.1, 0.15) is 27.9 Å². The minimum Gasteiger partial charge on any atom is -0.368 e. The van der Waals surface area contributed by atoms with Crippen LogP contribution < -0.4 is 15.1 Å². The summed E-state index contributed by atoms with van der Waals surface area (Å²) in [5, 5.41) is 3.72. The highest BCUT2D eigenvalue weighted by Gasteiger charge is 2.28. The lowest BCUT2D eigenvalue weighted by Crippen LogP contribution is -2.44. The van der Waals surface area contributed by atoms with E-state index in [0.29, 0.717) is 18.7 Å². The molecule has 3 aliphatic rings. The first-order chi connectivity index (χ1) is 14.5. The molecule has 7 heteroatoms. The maximum Gasteiger partial charge on any atom is 0.326 e. The van der Waals surface area contributed by atoms with Crippen LogP contribution >= 0.6 is 11.6 Å². The van der Waals surface area contributed by atoms with Crippen LogP contribution in [0.4, 0.5) is 21.9 Å². The predicted molar refractivity (Wildman–Crippen MR) is 120 cm³/mol. The second-order valence-electron chi connectivity index (χ2n) is 8.35. The van der Waals surface area contributed by atoms with Gasteiger partial charge in [-0.3, -0.25) is 9.69 Å². The minimum absolute atomic E-state index is 0.152. The summed E-state index contributed by atoms with van der Waals surface area (Å²) in [6.45, 7) is 4.45. The van der Waals surface area contributed by atoms with Crippen LogP contribution in [0.3, 0.4) is 0 Å². The zero-order chi connectivity index (χ0) is 20.8. The zero-order valence-electron chi connectivity index (χ0n) is 17.1. The molecular weight excluding hydrogens is 400 g/mol.